The molecule has 0 N–H and O–H groups in total. The Balaban J connectivity index is 1.88. The number of rotatable bonds is 2. The fraction of sp³-hybridized carbons (Fsp3) is 0.316. The average Bonchev–Trinajstić information content (AvgIpc) is 3.10. The lowest BCUT2D eigenvalue weighted by Gasteiger charge is -2.25. The van der Waals surface area contributed by atoms with Crippen LogP contribution in [0.3, 0.4) is 0 Å². The van der Waals surface area contributed by atoms with Crippen molar-refractivity contribution in [3.05, 3.63) is 47.9 Å². The van der Waals surface area contributed by atoms with Gasteiger partial charge in [0.15, 0.2) is 5.58 Å². The smallest absolute Gasteiger partial charge is 0.227 e. The Hall–Kier alpha value is -2.49. The van der Waals surface area contributed by atoms with Crippen molar-refractivity contribution in [1.82, 2.24) is 9.88 Å². The van der Waals surface area contributed by atoms with Crippen molar-refractivity contribution in [3.8, 4) is 0 Å². The zero-order chi connectivity index (χ0) is 17.1. The highest BCUT2D eigenvalue weighted by atomic mass is 16.3. The molecule has 3 heterocycles. The Bertz CT molecular complexity index is 968. The van der Waals surface area contributed by atoms with Crippen molar-refractivity contribution in [2.75, 3.05) is 11.6 Å². The van der Waals surface area contributed by atoms with Crippen LogP contribution in [0.15, 0.2) is 41.1 Å². The summed E-state index contributed by atoms with van der Waals surface area (Å²) in [6.45, 7) is 8.48. The third-order valence-corrected chi connectivity index (χ3v) is 4.41. The minimum absolute atomic E-state index is 0.639. The van der Waals surface area contributed by atoms with Crippen molar-refractivity contribution >= 4 is 27.8 Å². The van der Waals surface area contributed by atoms with Gasteiger partial charge in [0.25, 0.3) is 0 Å². The SMILES string of the molecule is [2H]C(C)(C)N1C=CN(c2c(C)ccc3c2oc2nc(C)ccc23)C1. The highest BCUT2D eigenvalue weighted by molar-refractivity contribution is 6.08. The molecule has 23 heavy (non-hydrogen) atoms. The number of benzene rings is 1. The van der Waals surface area contributed by atoms with E-state index in [0.717, 1.165) is 33.3 Å². The molecule has 4 heteroatoms. The standard InChI is InChI=1S/C19H21N3O/c1-12(2)21-9-10-22(11-21)17-13(3)5-7-15-16-8-6-14(4)20-19(16)23-18(15)17/h5-10,12H,11H2,1-4H3/i12D. The normalized spacial score (nSPS) is 15.9. The summed E-state index contributed by atoms with van der Waals surface area (Å²) in [4.78, 5) is 8.66. The number of furan rings is 1. The van der Waals surface area contributed by atoms with Gasteiger partial charge in [-0.25, -0.2) is 4.98 Å². The van der Waals surface area contributed by atoms with Crippen LogP contribution in [0.25, 0.3) is 22.1 Å². The molecule has 4 rings (SSSR count). The first-order valence-corrected chi connectivity index (χ1v) is 7.86. The third kappa shape index (κ3) is 2.17. The van der Waals surface area contributed by atoms with Crippen molar-refractivity contribution in [2.24, 2.45) is 0 Å². The minimum Gasteiger partial charge on any atom is -0.435 e. The summed E-state index contributed by atoms with van der Waals surface area (Å²) in [6, 6.07) is 7.65. The van der Waals surface area contributed by atoms with Gasteiger partial charge < -0.3 is 14.2 Å². The van der Waals surface area contributed by atoms with Crippen molar-refractivity contribution in [3.63, 3.8) is 0 Å². The van der Waals surface area contributed by atoms with E-state index in [4.69, 9.17) is 5.79 Å². The molecule has 1 aliphatic heterocycles. The fourth-order valence-corrected chi connectivity index (χ4v) is 3.11. The molecule has 0 saturated heterocycles. The van der Waals surface area contributed by atoms with Crippen LogP contribution in [0.1, 0.15) is 26.5 Å². The lowest BCUT2D eigenvalue weighted by Crippen LogP contribution is -2.30. The number of pyridine rings is 1. The highest BCUT2D eigenvalue weighted by Crippen LogP contribution is 2.38. The van der Waals surface area contributed by atoms with Crippen molar-refractivity contribution in [1.29, 1.82) is 0 Å². The maximum atomic E-state index is 8.22. The van der Waals surface area contributed by atoms with Gasteiger partial charge in [-0.05, 0) is 45.4 Å². The highest BCUT2D eigenvalue weighted by Gasteiger charge is 2.22. The van der Waals surface area contributed by atoms with E-state index in [1.165, 1.54) is 0 Å². The molecule has 0 amide bonds. The van der Waals surface area contributed by atoms with Gasteiger partial charge in [0.2, 0.25) is 5.71 Å². The van der Waals surface area contributed by atoms with Crippen LogP contribution in [0.4, 0.5) is 5.69 Å². The molecule has 1 aliphatic rings. The molecule has 4 nitrogen and oxygen atoms in total. The molecule has 0 fully saturated rings. The Morgan fingerprint density at radius 2 is 1.91 bits per heavy atom. The summed E-state index contributed by atoms with van der Waals surface area (Å²) >= 11 is 0. The first kappa shape index (κ1) is 13.0. The number of aromatic nitrogens is 1. The van der Waals surface area contributed by atoms with Crippen LogP contribution in [-0.2, 0) is 0 Å². The van der Waals surface area contributed by atoms with Gasteiger partial charge in [0, 0.05) is 34.9 Å². The van der Waals surface area contributed by atoms with Gasteiger partial charge in [-0.1, -0.05) is 12.1 Å². The molecule has 0 spiro atoms. The van der Waals surface area contributed by atoms with Gasteiger partial charge >= 0.3 is 0 Å². The second kappa shape index (κ2) is 5.01. The Kier molecular flexibility index (Phi) is 2.83. The molecular weight excluding hydrogens is 286 g/mol. The molecule has 118 valence electrons. The molecular formula is C19H21N3O. The third-order valence-electron chi connectivity index (χ3n) is 4.41. The lowest BCUT2D eigenvalue weighted by atomic mass is 10.1. The molecule has 2 aromatic heterocycles. The van der Waals surface area contributed by atoms with Gasteiger partial charge in [-0.2, -0.15) is 0 Å². The zero-order valence-electron chi connectivity index (χ0n) is 14.9. The number of nitrogens with zero attached hydrogens (tertiary/aromatic N) is 3. The monoisotopic (exact) mass is 308 g/mol. The van der Waals surface area contributed by atoms with Gasteiger partial charge in [-0.3, -0.25) is 0 Å². The molecule has 0 bridgehead atoms. The summed E-state index contributed by atoms with van der Waals surface area (Å²) in [5.41, 5.74) is 4.68. The Morgan fingerprint density at radius 1 is 1.13 bits per heavy atom. The Morgan fingerprint density at radius 3 is 2.65 bits per heavy atom. The molecule has 3 aromatic rings. The van der Waals surface area contributed by atoms with E-state index < -0.39 is 6.02 Å². The van der Waals surface area contributed by atoms with Crippen LogP contribution < -0.4 is 4.90 Å². The lowest BCUT2D eigenvalue weighted by molar-refractivity contribution is 0.336. The van der Waals surface area contributed by atoms with E-state index in [-0.39, 0.29) is 0 Å². The Labute approximate surface area is 137 Å². The quantitative estimate of drug-likeness (QED) is 0.695. The second-order valence-corrected chi connectivity index (χ2v) is 6.34. The zero-order valence-corrected chi connectivity index (χ0v) is 13.9. The number of fused-ring (bicyclic) bond motifs is 3. The maximum absolute atomic E-state index is 8.22. The summed E-state index contributed by atoms with van der Waals surface area (Å²) in [6.07, 6.45) is 3.99. The largest absolute Gasteiger partial charge is 0.435 e. The van der Waals surface area contributed by atoms with E-state index in [1.807, 2.05) is 44.1 Å². The topological polar surface area (TPSA) is 32.5 Å². The predicted molar refractivity (Wildman–Crippen MR) is 94.5 cm³/mol. The summed E-state index contributed by atoms with van der Waals surface area (Å²) in [5, 5.41) is 2.12. The summed E-state index contributed by atoms with van der Waals surface area (Å²) in [7, 11) is 0. The van der Waals surface area contributed by atoms with Crippen LogP contribution >= 0.6 is 0 Å². The molecule has 0 atom stereocenters. The molecule has 0 unspecified atom stereocenters. The molecule has 0 saturated carbocycles. The van der Waals surface area contributed by atoms with Crippen molar-refractivity contribution < 1.29 is 5.79 Å². The number of anilines is 1. The summed E-state index contributed by atoms with van der Waals surface area (Å²) in [5.74, 6) is 0. The van der Waals surface area contributed by atoms with Gasteiger partial charge in [0.1, 0.15) is 0 Å². The van der Waals surface area contributed by atoms with E-state index >= 15 is 0 Å². The predicted octanol–water partition coefficient (Wildman–Crippen LogP) is 4.56. The van der Waals surface area contributed by atoms with Crippen LogP contribution in [0, 0.1) is 13.8 Å². The molecule has 0 radical (unpaired) electrons. The van der Waals surface area contributed by atoms with Crippen LogP contribution in [-0.4, -0.2) is 22.6 Å². The number of aryl methyl sites for hydroxylation is 2. The fourth-order valence-electron chi connectivity index (χ4n) is 3.11. The summed E-state index contributed by atoms with van der Waals surface area (Å²) < 4.78 is 14.4. The van der Waals surface area contributed by atoms with Gasteiger partial charge in [-0.15, -0.1) is 0 Å². The molecule has 1 aromatic carbocycles. The number of hydrogen-bond donors (Lipinski definition) is 0. The first-order valence-electron chi connectivity index (χ1n) is 8.36. The number of hydrogen-bond acceptors (Lipinski definition) is 4. The molecule has 0 aliphatic carbocycles. The van der Waals surface area contributed by atoms with Crippen molar-refractivity contribution in [2.45, 2.75) is 33.7 Å². The maximum Gasteiger partial charge on any atom is 0.227 e. The minimum atomic E-state index is -0.653. The van der Waals surface area contributed by atoms with Crippen LogP contribution in [0.5, 0.6) is 0 Å². The van der Waals surface area contributed by atoms with E-state index in [0.29, 0.717) is 12.4 Å². The van der Waals surface area contributed by atoms with Gasteiger partial charge in [0.05, 0.1) is 13.7 Å². The van der Waals surface area contributed by atoms with E-state index in [1.54, 1.807) is 0 Å². The first-order chi connectivity index (χ1) is 11.3. The van der Waals surface area contributed by atoms with E-state index in [9.17, 15) is 0 Å². The second-order valence-electron chi connectivity index (χ2n) is 6.34. The average molecular weight is 308 g/mol. The van der Waals surface area contributed by atoms with Crippen LogP contribution in [0.2, 0.25) is 0 Å². The van der Waals surface area contributed by atoms with E-state index in [2.05, 4.69) is 35.0 Å².